The molecule has 0 aromatic heterocycles. The van der Waals surface area contributed by atoms with Crippen LogP contribution in [0, 0.1) is 5.41 Å². The van der Waals surface area contributed by atoms with Crippen molar-refractivity contribution in [2.75, 3.05) is 11.5 Å². The second-order valence-electron chi connectivity index (χ2n) is 5.71. The molecule has 1 aliphatic heterocycles. The average Bonchev–Trinajstić information content (AvgIpc) is 2.37. The van der Waals surface area contributed by atoms with Crippen molar-refractivity contribution in [3.63, 3.8) is 0 Å². The van der Waals surface area contributed by atoms with E-state index in [2.05, 4.69) is 86.8 Å². The Balaban J connectivity index is 2.23. The van der Waals surface area contributed by atoms with Gasteiger partial charge < -0.3 is 0 Å². The zero-order valence-corrected chi connectivity index (χ0v) is 13.1. The Morgan fingerprint density at radius 2 is 1.67 bits per heavy atom. The molecular formula is C16H22S2. The van der Waals surface area contributed by atoms with Crippen LogP contribution in [0.25, 0.3) is 6.08 Å². The van der Waals surface area contributed by atoms with Crippen LogP contribution < -0.4 is 0 Å². The smallest absolute Gasteiger partial charge is 0.0842 e. The quantitative estimate of drug-likeness (QED) is 0.719. The van der Waals surface area contributed by atoms with Gasteiger partial charge in [-0.3, -0.25) is 0 Å². The average molecular weight is 278 g/mol. The number of hydrogen-bond donors (Lipinski definition) is 0. The summed E-state index contributed by atoms with van der Waals surface area (Å²) >= 11 is 4.23. The standard InChI is InChI=1S/C16H22S2/c1-15(2,3)16(17-12-7-13-18-16)11-10-14-8-5-4-6-9-14/h4-6,8-11H,7,12-13H2,1-3H3/b11-10+. The van der Waals surface area contributed by atoms with Crippen molar-refractivity contribution in [1.82, 2.24) is 0 Å². The Morgan fingerprint density at radius 3 is 2.22 bits per heavy atom. The molecule has 1 saturated heterocycles. The molecule has 2 heteroatoms. The van der Waals surface area contributed by atoms with Crippen LogP contribution in [0.15, 0.2) is 36.4 Å². The number of thioether (sulfide) groups is 2. The van der Waals surface area contributed by atoms with E-state index in [1.165, 1.54) is 23.5 Å². The molecule has 1 aliphatic rings. The lowest BCUT2D eigenvalue weighted by Gasteiger charge is -2.44. The van der Waals surface area contributed by atoms with Crippen molar-refractivity contribution in [2.24, 2.45) is 5.41 Å². The van der Waals surface area contributed by atoms with Crippen LogP contribution in [0.3, 0.4) is 0 Å². The van der Waals surface area contributed by atoms with Gasteiger partial charge in [0.05, 0.1) is 4.08 Å². The van der Waals surface area contributed by atoms with Crippen LogP contribution in [0.4, 0.5) is 0 Å². The summed E-state index contributed by atoms with van der Waals surface area (Å²) in [5.41, 5.74) is 1.58. The van der Waals surface area contributed by atoms with Gasteiger partial charge in [0, 0.05) is 0 Å². The Bertz CT molecular complexity index is 395. The van der Waals surface area contributed by atoms with Gasteiger partial charge in [-0.25, -0.2) is 0 Å². The summed E-state index contributed by atoms with van der Waals surface area (Å²) in [5.74, 6) is 2.56. The van der Waals surface area contributed by atoms with E-state index in [4.69, 9.17) is 0 Å². The van der Waals surface area contributed by atoms with Gasteiger partial charge in [0.25, 0.3) is 0 Å². The predicted octanol–water partition coefficient (Wildman–Crippen LogP) is 5.31. The van der Waals surface area contributed by atoms with Crippen LogP contribution >= 0.6 is 23.5 Å². The lowest BCUT2D eigenvalue weighted by atomic mass is 9.90. The fraction of sp³-hybridized carbons (Fsp3) is 0.500. The van der Waals surface area contributed by atoms with Gasteiger partial charge in [-0.1, -0.05) is 63.3 Å². The molecule has 0 nitrogen and oxygen atoms in total. The fourth-order valence-corrected chi connectivity index (χ4v) is 5.49. The number of rotatable bonds is 2. The van der Waals surface area contributed by atoms with E-state index in [0.717, 1.165) is 0 Å². The minimum absolute atomic E-state index is 0.223. The maximum atomic E-state index is 2.43. The summed E-state index contributed by atoms with van der Waals surface area (Å²) < 4.78 is 0.223. The van der Waals surface area contributed by atoms with Crippen LogP contribution in [0.1, 0.15) is 32.8 Å². The van der Waals surface area contributed by atoms with Gasteiger partial charge in [0.1, 0.15) is 0 Å². The molecule has 0 saturated carbocycles. The first-order chi connectivity index (χ1) is 8.54. The van der Waals surface area contributed by atoms with Gasteiger partial charge in [-0.2, -0.15) is 0 Å². The molecule has 0 spiro atoms. The topological polar surface area (TPSA) is 0 Å². The van der Waals surface area contributed by atoms with Gasteiger partial charge >= 0.3 is 0 Å². The minimum atomic E-state index is 0.223. The molecule has 1 aromatic carbocycles. The summed E-state index contributed by atoms with van der Waals surface area (Å²) in [7, 11) is 0. The van der Waals surface area contributed by atoms with Crippen molar-refractivity contribution < 1.29 is 0 Å². The third-order valence-corrected chi connectivity index (χ3v) is 7.31. The molecule has 0 atom stereocenters. The van der Waals surface area contributed by atoms with Crippen molar-refractivity contribution in [1.29, 1.82) is 0 Å². The summed E-state index contributed by atoms with van der Waals surface area (Å²) in [4.78, 5) is 0. The molecule has 0 unspecified atom stereocenters. The maximum absolute atomic E-state index is 2.43. The Morgan fingerprint density at radius 1 is 1.06 bits per heavy atom. The molecule has 18 heavy (non-hydrogen) atoms. The second kappa shape index (κ2) is 5.75. The highest BCUT2D eigenvalue weighted by Gasteiger charge is 2.42. The number of benzene rings is 1. The van der Waals surface area contributed by atoms with E-state index in [1.54, 1.807) is 0 Å². The van der Waals surface area contributed by atoms with E-state index < -0.39 is 0 Å². The molecule has 1 aromatic rings. The summed E-state index contributed by atoms with van der Waals surface area (Å²) in [5, 5.41) is 0. The monoisotopic (exact) mass is 278 g/mol. The van der Waals surface area contributed by atoms with Crippen LogP contribution in [-0.2, 0) is 0 Å². The van der Waals surface area contributed by atoms with E-state index >= 15 is 0 Å². The highest BCUT2D eigenvalue weighted by atomic mass is 32.2. The van der Waals surface area contributed by atoms with Crippen molar-refractivity contribution >= 4 is 29.6 Å². The van der Waals surface area contributed by atoms with E-state index in [-0.39, 0.29) is 9.49 Å². The molecule has 1 fully saturated rings. The molecule has 0 N–H and O–H groups in total. The van der Waals surface area contributed by atoms with Crippen LogP contribution in [0.2, 0.25) is 0 Å². The Labute approximate surface area is 120 Å². The Hall–Kier alpha value is -0.340. The summed E-state index contributed by atoms with van der Waals surface area (Å²) in [6, 6.07) is 10.6. The number of hydrogen-bond acceptors (Lipinski definition) is 2. The van der Waals surface area contributed by atoms with E-state index in [0.29, 0.717) is 0 Å². The maximum Gasteiger partial charge on any atom is 0.0842 e. The molecule has 0 bridgehead atoms. The zero-order valence-electron chi connectivity index (χ0n) is 11.5. The van der Waals surface area contributed by atoms with Crippen molar-refractivity contribution in [2.45, 2.75) is 31.3 Å². The molecule has 0 amide bonds. The molecular weight excluding hydrogens is 256 g/mol. The van der Waals surface area contributed by atoms with Gasteiger partial charge in [0.15, 0.2) is 0 Å². The lowest BCUT2D eigenvalue weighted by Crippen LogP contribution is -2.37. The first-order valence-electron chi connectivity index (χ1n) is 6.56. The molecule has 2 rings (SSSR count). The fourth-order valence-electron chi connectivity index (χ4n) is 2.10. The largest absolute Gasteiger partial charge is 0.139 e. The van der Waals surface area contributed by atoms with Crippen LogP contribution in [-0.4, -0.2) is 15.6 Å². The third-order valence-electron chi connectivity index (χ3n) is 3.26. The first-order valence-corrected chi connectivity index (χ1v) is 8.53. The highest BCUT2D eigenvalue weighted by Crippen LogP contribution is 2.54. The zero-order chi connectivity index (χ0) is 13.1. The summed E-state index contributed by atoms with van der Waals surface area (Å²) in [6.07, 6.45) is 6.06. The molecule has 0 radical (unpaired) electrons. The lowest BCUT2D eigenvalue weighted by molar-refractivity contribution is 0.408. The molecule has 0 aliphatic carbocycles. The van der Waals surface area contributed by atoms with Crippen molar-refractivity contribution in [3.8, 4) is 0 Å². The normalized spacial score (nSPS) is 20.2. The Kier molecular flexibility index (Phi) is 4.50. The third kappa shape index (κ3) is 3.16. The van der Waals surface area contributed by atoms with Gasteiger partial charge in [-0.15, -0.1) is 23.5 Å². The van der Waals surface area contributed by atoms with Crippen molar-refractivity contribution in [3.05, 3.63) is 42.0 Å². The van der Waals surface area contributed by atoms with E-state index in [9.17, 15) is 0 Å². The van der Waals surface area contributed by atoms with E-state index in [1.807, 2.05) is 0 Å². The van der Waals surface area contributed by atoms with Crippen LogP contribution in [0.5, 0.6) is 0 Å². The SMILES string of the molecule is CC(C)(C)C1(/C=C/c2ccccc2)SCCCS1. The first kappa shape index (κ1) is 14.1. The molecule has 98 valence electrons. The van der Waals surface area contributed by atoms with Gasteiger partial charge in [0.2, 0.25) is 0 Å². The van der Waals surface area contributed by atoms with Gasteiger partial charge in [-0.05, 0) is 28.9 Å². The molecule has 1 heterocycles. The highest BCUT2D eigenvalue weighted by molar-refractivity contribution is 8.19. The minimum Gasteiger partial charge on any atom is -0.139 e. The summed E-state index contributed by atoms with van der Waals surface area (Å²) in [6.45, 7) is 7.06. The predicted molar refractivity (Wildman–Crippen MR) is 87.2 cm³/mol. The second-order valence-corrected chi connectivity index (χ2v) is 8.65.